The number of hydrogen-bond acceptors (Lipinski definition) is 2. The maximum Gasteiger partial charge on any atom is 0.222 e. The predicted molar refractivity (Wildman–Crippen MR) is 85.8 cm³/mol. The Morgan fingerprint density at radius 3 is 2.90 bits per heavy atom. The third kappa shape index (κ3) is 3.33. The normalized spacial score (nSPS) is 28.8. The number of hydrogen-bond donors (Lipinski definition) is 1. The highest BCUT2D eigenvalue weighted by Crippen LogP contribution is 2.49. The van der Waals surface area contributed by atoms with E-state index in [9.17, 15) is 4.79 Å². The number of nitrogens with one attached hydrogen (secondary N) is 1. The summed E-state index contributed by atoms with van der Waals surface area (Å²) in [6.45, 7) is 4.78. The van der Waals surface area contributed by atoms with Crippen LogP contribution in [0.1, 0.15) is 44.7 Å². The van der Waals surface area contributed by atoms with Gasteiger partial charge in [0.25, 0.3) is 0 Å². The molecule has 0 aliphatic heterocycles. The van der Waals surface area contributed by atoms with Crippen LogP contribution in [0.15, 0.2) is 10.7 Å². The number of aromatic nitrogens is 2. The summed E-state index contributed by atoms with van der Waals surface area (Å²) in [7, 11) is 0. The van der Waals surface area contributed by atoms with Gasteiger partial charge >= 0.3 is 0 Å². The summed E-state index contributed by atoms with van der Waals surface area (Å²) in [4.78, 5) is 12.1. The summed E-state index contributed by atoms with van der Waals surface area (Å²) < 4.78 is 2.83. The molecular formula is C16H24BrN3O. The predicted octanol–water partition coefficient (Wildman–Crippen LogP) is 3.29. The van der Waals surface area contributed by atoms with Gasteiger partial charge in [-0.1, -0.05) is 6.42 Å². The van der Waals surface area contributed by atoms with Gasteiger partial charge in [0.1, 0.15) is 0 Å². The molecule has 2 aliphatic carbocycles. The van der Waals surface area contributed by atoms with E-state index in [1.165, 1.54) is 25.7 Å². The fourth-order valence-corrected chi connectivity index (χ4v) is 4.48. The molecule has 1 N–H and O–H groups in total. The van der Waals surface area contributed by atoms with Crippen LogP contribution in [-0.2, 0) is 11.3 Å². The Hall–Kier alpha value is -0.840. The quantitative estimate of drug-likeness (QED) is 0.882. The topological polar surface area (TPSA) is 46.9 Å². The first kappa shape index (κ1) is 15.1. The van der Waals surface area contributed by atoms with Gasteiger partial charge in [-0.3, -0.25) is 9.48 Å². The fourth-order valence-electron chi connectivity index (χ4n) is 4.16. The molecule has 21 heavy (non-hydrogen) atoms. The lowest BCUT2D eigenvalue weighted by Gasteiger charge is -2.28. The zero-order valence-electron chi connectivity index (χ0n) is 12.8. The van der Waals surface area contributed by atoms with E-state index in [1.54, 1.807) is 0 Å². The maximum absolute atomic E-state index is 12.1. The summed E-state index contributed by atoms with van der Waals surface area (Å²) in [5, 5.41) is 7.57. The minimum atomic E-state index is 0.148. The molecule has 2 fully saturated rings. The lowest BCUT2D eigenvalue weighted by molar-refractivity contribution is -0.122. The lowest BCUT2D eigenvalue weighted by atomic mass is 9.84. The largest absolute Gasteiger partial charge is 0.353 e. The number of aryl methyl sites for hydroxylation is 2. The number of halogens is 1. The molecule has 1 amide bonds. The third-order valence-electron chi connectivity index (χ3n) is 5.28. The van der Waals surface area contributed by atoms with Crippen molar-refractivity contribution in [3.05, 3.63) is 16.4 Å². The van der Waals surface area contributed by atoms with Crippen molar-refractivity contribution in [1.29, 1.82) is 0 Å². The molecule has 0 saturated heterocycles. The van der Waals surface area contributed by atoms with E-state index in [2.05, 4.69) is 33.3 Å². The number of nitrogens with zero attached hydrogens (tertiary/aromatic N) is 2. The first-order valence-electron chi connectivity index (χ1n) is 8.02. The van der Waals surface area contributed by atoms with Crippen LogP contribution >= 0.6 is 15.9 Å². The van der Waals surface area contributed by atoms with Crippen LogP contribution < -0.4 is 5.32 Å². The van der Waals surface area contributed by atoms with Crippen LogP contribution in [0, 0.1) is 24.7 Å². The van der Waals surface area contributed by atoms with E-state index in [4.69, 9.17) is 0 Å². The van der Waals surface area contributed by atoms with Gasteiger partial charge in [0.05, 0.1) is 10.2 Å². The molecule has 0 aromatic carbocycles. The van der Waals surface area contributed by atoms with Crippen LogP contribution in [-0.4, -0.2) is 21.7 Å². The fraction of sp³-hybridized carbons (Fsp3) is 0.750. The monoisotopic (exact) mass is 353 g/mol. The highest BCUT2D eigenvalue weighted by atomic mass is 79.9. The Morgan fingerprint density at radius 2 is 2.33 bits per heavy atom. The molecule has 2 aliphatic rings. The minimum Gasteiger partial charge on any atom is -0.353 e. The molecule has 0 spiro atoms. The second kappa shape index (κ2) is 6.11. The van der Waals surface area contributed by atoms with Crippen molar-refractivity contribution in [3.8, 4) is 0 Å². The molecule has 1 aromatic heterocycles. The van der Waals surface area contributed by atoms with Crippen molar-refractivity contribution in [2.24, 2.45) is 17.8 Å². The van der Waals surface area contributed by atoms with Gasteiger partial charge in [0.2, 0.25) is 5.91 Å². The average molecular weight is 354 g/mol. The SMILES string of the molecule is Cc1nn(CCC(=O)N[C@H](C)[C@H]2C[C@@H]3CC[C@@H]2C3)cc1Br. The standard InChI is InChI=1S/C16H24BrN3O/c1-10(14-8-12-3-4-13(14)7-12)18-16(21)5-6-20-9-15(17)11(2)19-20/h9-10,12-14H,3-8H2,1-2H3,(H,18,21)/t10-,12-,13-,14-/m1/s1. The summed E-state index contributed by atoms with van der Waals surface area (Å²) in [5.41, 5.74) is 0.964. The number of rotatable bonds is 5. The van der Waals surface area contributed by atoms with Crippen LogP contribution in [0.5, 0.6) is 0 Å². The van der Waals surface area contributed by atoms with Crippen molar-refractivity contribution >= 4 is 21.8 Å². The lowest BCUT2D eigenvalue weighted by Crippen LogP contribution is -2.40. The minimum absolute atomic E-state index is 0.148. The number of amides is 1. The van der Waals surface area contributed by atoms with Gasteiger partial charge in [-0.05, 0) is 66.8 Å². The van der Waals surface area contributed by atoms with Gasteiger partial charge in [0.15, 0.2) is 0 Å². The smallest absolute Gasteiger partial charge is 0.222 e. The Labute approximate surface area is 134 Å². The summed E-state index contributed by atoms with van der Waals surface area (Å²) >= 11 is 3.44. The Bertz CT molecular complexity index is 508. The highest BCUT2D eigenvalue weighted by Gasteiger charge is 2.42. The molecule has 2 saturated carbocycles. The molecule has 4 nitrogen and oxygen atoms in total. The van der Waals surface area contributed by atoms with Crippen molar-refractivity contribution in [2.75, 3.05) is 0 Å². The van der Waals surface area contributed by atoms with Gasteiger partial charge in [-0.2, -0.15) is 5.10 Å². The van der Waals surface area contributed by atoms with E-state index in [-0.39, 0.29) is 5.91 Å². The van der Waals surface area contributed by atoms with Gasteiger partial charge < -0.3 is 5.32 Å². The average Bonchev–Trinajstić information content (AvgIpc) is 3.13. The molecular weight excluding hydrogens is 330 g/mol. The molecule has 0 unspecified atom stereocenters. The molecule has 116 valence electrons. The molecule has 3 rings (SSSR count). The number of carbonyl (C=O) groups excluding carboxylic acids is 1. The summed E-state index contributed by atoms with van der Waals surface area (Å²) in [6.07, 6.45) is 7.93. The zero-order valence-corrected chi connectivity index (χ0v) is 14.4. The van der Waals surface area contributed by atoms with Crippen molar-refractivity contribution in [1.82, 2.24) is 15.1 Å². The Balaban J connectivity index is 1.45. The third-order valence-corrected chi connectivity index (χ3v) is 6.06. The van der Waals surface area contributed by atoms with Gasteiger partial charge in [0, 0.05) is 25.2 Å². The first-order valence-corrected chi connectivity index (χ1v) is 8.81. The van der Waals surface area contributed by atoms with Crippen LogP contribution in [0.25, 0.3) is 0 Å². The second-order valence-corrected chi connectivity index (χ2v) is 7.62. The van der Waals surface area contributed by atoms with Crippen LogP contribution in [0.3, 0.4) is 0 Å². The van der Waals surface area contributed by atoms with E-state index >= 15 is 0 Å². The van der Waals surface area contributed by atoms with Crippen LogP contribution in [0.4, 0.5) is 0 Å². The number of fused-ring (bicyclic) bond motifs is 2. The Morgan fingerprint density at radius 1 is 1.52 bits per heavy atom. The molecule has 2 bridgehead atoms. The summed E-state index contributed by atoms with van der Waals surface area (Å²) in [5.74, 6) is 2.64. The maximum atomic E-state index is 12.1. The van der Waals surface area contributed by atoms with Gasteiger partial charge in [-0.25, -0.2) is 0 Å². The van der Waals surface area contributed by atoms with Crippen molar-refractivity contribution < 1.29 is 4.79 Å². The Kier molecular flexibility index (Phi) is 4.38. The first-order chi connectivity index (χ1) is 10.0. The molecule has 4 atom stereocenters. The van der Waals surface area contributed by atoms with Crippen LogP contribution in [0.2, 0.25) is 0 Å². The summed E-state index contributed by atoms with van der Waals surface area (Å²) in [6, 6.07) is 0.318. The van der Waals surface area contributed by atoms with Crippen molar-refractivity contribution in [3.63, 3.8) is 0 Å². The van der Waals surface area contributed by atoms with E-state index < -0.39 is 0 Å². The molecule has 1 heterocycles. The molecule has 5 heteroatoms. The zero-order chi connectivity index (χ0) is 15.0. The number of carbonyl (C=O) groups is 1. The molecule has 1 aromatic rings. The second-order valence-electron chi connectivity index (χ2n) is 6.77. The van der Waals surface area contributed by atoms with E-state index in [0.29, 0.717) is 24.9 Å². The van der Waals surface area contributed by atoms with E-state index in [1.807, 2.05) is 17.8 Å². The van der Waals surface area contributed by atoms with E-state index in [0.717, 1.165) is 22.0 Å². The molecule has 0 radical (unpaired) electrons. The highest BCUT2D eigenvalue weighted by molar-refractivity contribution is 9.10. The van der Waals surface area contributed by atoms with Gasteiger partial charge in [-0.15, -0.1) is 0 Å². The van der Waals surface area contributed by atoms with Crippen molar-refractivity contribution in [2.45, 2.75) is 58.5 Å².